The molecule has 0 aromatic heterocycles. The Morgan fingerprint density at radius 2 is 2.21 bits per heavy atom. The molecule has 3 aliphatic rings. The van der Waals surface area contributed by atoms with E-state index in [1.807, 2.05) is 9.80 Å². The van der Waals surface area contributed by atoms with Gasteiger partial charge in [0.2, 0.25) is 5.91 Å². The van der Waals surface area contributed by atoms with Gasteiger partial charge in [-0.3, -0.25) is 4.79 Å². The van der Waals surface area contributed by atoms with Crippen LogP contribution in [0.25, 0.3) is 0 Å². The van der Waals surface area contributed by atoms with Crippen molar-refractivity contribution in [2.75, 3.05) is 26.2 Å². The highest BCUT2D eigenvalue weighted by atomic mass is 32.2. The van der Waals surface area contributed by atoms with Crippen LogP contribution in [0.2, 0.25) is 0 Å². The van der Waals surface area contributed by atoms with Crippen LogP contribution in [-0.4, -0.2) is 59.2 Å². The number of nitrogens with zero attached hydrogens (tertiary/aromatic N) is 2. The fourth-order valence-corrected chi connectivity index (χ4v) is 5.30. The second kappa shape index (κ2) is 6.31. The number of amides is 3. The lowest BCUT2D eigenvalue weighted by Gasteiger charge is -2.37. The van der Waals surface area contributed by atoms with Crippen molar-refractivity contribution in [2.45, 2.75) is 42.4 Å². The Kier molecular flexibility index (Phi) is 4.16. The Bertz CT molecular complexity index is 678. The standard InChI is InChI=1S/C18H23N3O2S/c1-12-4-5-13-10-16(24-15(13)9-12)17(22)20-7-2-3-14(11-20)21-8-6-19-18(21)23/h4-5,9,14,16H,2-3,6-8,10-11H2,1H3,(H,19,23)/t14-,16-/m1/s1. The molecule has 3 amide bonds. The molecule has 6 heteroatoms. The highest BCUT2D eigenvalue weighted by molar-refractivity contribution is 8.01. The highest BCUT2D eigenvalue weighted by Gasteiger charge is 2.36. The van der Waals surface area contributed by atoms with E-state index in [4.69, 9.17) is 0 Å². The van der Waals surface area contributed by atoms with Crippen LogP contribution >= 0.6 is 11.8 Å². The molecule has 5 nitrogen and oxygen atoms in total. The Balaban J connectivity index is 1.42. The summed E-state index contributed by atoms with van der Waals surface area (Å²) in [6, 6.07) is 6.64. The van der Waals surface area contributed by atoms with E-state index in [9.17, 15) is 9.59 Å². The van der Waals surface area contributed by atoms with E-state index in [0.717, 1.165) is 38.9 Å². The van der Waals surface area contributed by atoms with Gasteiger partial charge in [0, 0.05) is 31.1 Å². The number of thioether (sulfide) groups is 1. The number of benzene rings is 1. The van der Waals surface area contributed by atoms with Gasteiger partial charge in [-0.15, -0.1) is 11.8 Å². The third-order valence-electron chi connectivity index (χ3n) is 5.21. The SMILES string of the molecule is Cc1ccc2c(c1)S[C@@H](C(=O)N1CCC[C@@H](N3CCNC3=O)C1)C2. The van der Waals surface area contributed by atoms with Crippen molar-refractivity contribution in [3.8, 4) is 0 Å². The van der Waals surface area contributed by atoms with Crippen molar-refractivity contribution >= 4 is 23.7 Å². The van der Waals surface area contributed by atoms with Crippen molar-refractivity contribution in [1.82, 2.24) is 15.1 Å². The lowest BCUT2D eigenvalue weighted by Crippen LogP contribution is -2.52. The van der Waals surface area contributed by atoms with Crippen molar-refractivity contribution in [3.63, 3.8) is 0 Å². The van der Waals surface area contributed by atoms with Crippen LogP contribution in [0.3, 0.4) is 0 Å². The van der Waals surface area contributed by atoms with Crippen LogP contribution < -0.4 is 5.32 Å². The van der Waals surface area contributed by atoms with Gasteiger partial charge in [0.15, 0.2) is 0 Å². The number of urea groups is 1. The molecule has 1 aromatic carbocycles. The van der Waals surface area contributed by atoms with E-state index in [2.05, 4.69) is 30.4 Å². The fraction of sp³-hybridized carbons (Fsp3) is 0.556. The Hall–Kier alpha value is -1.69. The number of aryl methyl sites for hydroxylation is 1. The minimum atomic E-state index is -0.00652. The van der Waals surface area contributed by atoms with E-state index in [1.54, 1.807) is 11.8 Å². The summed E-state index contributed by atoms with van der Waals surface area (Å²) in [7, 11) is 0. The van der Waals surface area contributed by atoms with Gasteiger partial charge in [-0.05, 0) is 37.8 Å². The lowest BCUT2D eigenvalue weighted by molar-refractivity contribution is -0.132. The molecule has 0 saturated carbocycles. The maximum Gasteiger partial charge on any atom is 0.317 e. The summed E-state index contributed by atoms with van der Waals surface area (Å²) in [6.07, 6.45) is 2.79. The first-order chi connectivity index (χ1) is 11.6. The molecular formula is C18H23N3O2S. The topological polar surface area (TPSA) is 52.7 Å². The number of likely N-dealkylation sites (tertiary alicyclic amines) is 1. The van der Waals surface area contributed by atoms with Gasteiger partial charge in [-0.2, -0.15) is 0 Å². The number of hydrogen-bond acceptors (Lipinski definition) is 3. The zero-order valence-corrected chi connectivity index (χ0v) is 14.8. The largest absolute Gasteiger partial charge is 0.340 e. The summed E-state index contributed by atoms with van der Waals surface area (Å²) < 4.78 is 0. The van der Waals surface area contributed by atoms with Gasteiger partial charge >= 0.3 is 6.03 Å². The normalized spacial score (nSPS) is 26.5. The lowest BCUT2D eigenvalue weighted by atomic mass is 10.0. The summed E-state index contributed by atoms with van der Waals surface area (Å²) in [5.74, 6) is 0.234. The highest BCUT2D eigenvalue weighted by Crippen LogP contribution is 2.38. The third-order valence-corrected chi connectivity index (χ3v) is 6.50. The minimum Gasteiger partial charge on any atom is -0.340 e. The molecule has 2 fully saturated rings. The Morgan fingerprint density at radius 1 is 1.33 bits per heavy atom. The molecule has 2 saturated heterocycles. The fourth-order valence-electron chi connectivity index (χ4n) is 3.92. The number of rotatable bonds is 2. The molecule has 2 atom stereocenters. The second-order valence-electron chi connectivity index (χ2n) is 6.93. The molecule has 1 N–H and O–H groups in total. The van der Waals surface area contributed by atoms with Crippen LogP contribution in [0.4, 0.5) is 4.79 Å². The van der Waals surface area contributed by atoms with E-state index in [1.165, 1.54) is 16.0 Å². The smallest absolute Gasteiger partial charge is 0.317 e. The molecule has 4 rings (SSSR count). The zero-order chi connectivity index (χ0) is 16.7. The number of carbonyl (C=O) groups is 2. The molecule has 1 aromatic rings. The molecular weight excluding hydrogens is 322 g/mol. The average molecular weight is 345 g/mol. The molecule has 0 bridgehead atoms. The molecule has 3 heterocycles. The summed E-state index contributed by atoms with van der Waals surface area (Å²) in [5, 5.41) is 2.86. The van der Waals surface area contributed by atoms with E-state index in [0.29, 0.717) is 6.54 Å². The molecule has 0 aliphatic carbocycles. The predicted molar refractivity (Wildman–Crippen MR) is 94.2 cm³/mol. The van der Waals surface area contributed by atoms with E-state index in [-0.39, 0.29) is 23.2 Å². The second-order valence-corrected chi connectivity index (χ2v) is 8.17. The minimum absolute atomic E-state index is 0.00652. The monoisotopic (exact) mass is 345 g/mol. The van der Waals surface area contributed by atoms with Crippen molar-refractivity contribution < 1.29 is 9.59 Å². The van der Waals surface area contributed by atoms with Crippen LogP contribution in [-0.2, 0) is 11.2 Å². The summed E-state index contributed by atoms with van der Waals surface area (Å²) in [6.45, 7) is 5.06. The molecule has 128 valence electrons. The van der Waals surface area contributed by atoms with Crippen molar-refractivity contribution in [3.05, 3.63) is 29.3 Å². The average Bonchev–Trinajstić information content (AvgIpc) is 3.20. The van der Waals surface area contributed by atoms with Crippen LogP contribution in [0.5, 0.6) is 0 Å². The quantitative estimate of drug-likeness (QED) is 0.892. The molecule has 0 unspecified atom stereocenters. The van der Waals surface area contributed by atoms with Crippen LogP contribution in [0.1, 0.15) is 24.0 Å². The number of fused-ring (bicyclic) bond motifs is 1. The maximum absolute atomic E-state index is 13.0. The summed E-state index contributed by atoms with van der Waals surface area (Å²) >= 11 is 1.70. The summed E-state index contributed by atoms with van der Waals surface area (Å²) in [5.41, 5.74) is 2.53. The number of carbonyl (C=O) groups excluding carboxylic acids is 2. The first-order valence-electron chi connectivity index (χ1n) is 8.71. The Morgan fingerprint density at radius 3 is 3.00 bits per heavy atom. The molecule has 3 aliphatic heterocycles. The van der Waals surface area contributed by atoms with Crippen LogP contribution in [0, 0.1) is 6.92 Å². The molecule has 0 spiro atoms. The van der Waals surface area contributed by atoms with Gasteiger partial charge < -0.3 is 15.1 Å². The predicted octanol–water partition coefficient (Wildman–Crippen LogP) is 2.03. The van der Waals surface area contributed by atoms with E-state index < -0.39 is 0 Å². The van der Waals surface area contributed by atoms with Gasteiger partial charge in [0.1, 0.15) is 0 Å². The zero-order valence-electron chi connectivity index (χ0n) is 14.0. The first-order valence-corrected chi connectivity index (χ1v) is 9.59. The number of nitrogens with one attached hydrogen (secondary N) is 1. The van der Waals surface area contributed by atoms with Crippen molar-refractivity contribution in [2.24, 2.45) is 0 Å². The first kappa shape index (κ1) is 15.8. The maximum atomic E-state index is 13.0. The van der Waals surface area contributed by atoms with E-state index >= 15 is 0 Å². The number of hydrogen-bond donors (Lipinski definition) is 1. The number of piperidine rings is 1. The molecule has 24 heavy (non-hydrogen) atoms. The van der Waals surface area contributed by atoms with Gasteiger partial charge in [-0.1, -0.05) is 17.7 Å². The third kappa shape index (κ3) is 2.88. The van der Waals surface area contributed by atoms with Gasteiger partial charge in [-0.25, -0.2) is 4.79 Å². The molecule has 0 radical (unpaired) electrons. The van der Waals surface area contributed by atoms with Gasteiger partial charge in [0.05, 0.1) is 11.3 Å². The van der Waals surface area contributed by atoms with Gasteiger partial charge in [0.25, 0.3) is 0 Å². The summed E-state index contributed by atoms with van der Waals surface area (Å²) in [4.78, 5) is 30.0. The Labute approximate surface area is 146 Å². The van der Waals surface area contributed by atoms with Crippen LogP contribution in [0.15, 0.2) is 23.1 Å². The van der Waals surface area contributed by atoms with Crippen molar-refractivity contribution in [1.29, 1.82) is 0 Å².